The standard InChI is InChI=1S/C18H18N4O2/c23-9-8-22-13-16(12-21-22)17-7-6-15(11-19-17)18(24)20-10-14-4-2-1-3-5-14/h1-7,11-13,23H,8-10H2,(H,20,24). The van der Waals surface area contributed by atoms with Crippen molar-refractivity contribution in [3.63, 3.8) is 0 Å². The SMILES string of the molecule is O=C(NCc1ccccc1)c1ccc(-c2cnn(CCO)c2)nc1. The summed E-state index contributed by atoms with van der Waals surface area (Å²) in [6.45, 7) is 0.963. The normalized spacial score (nSPS) is 10.5. The van der Waals surface area contributed by atoms with E-state index in [0.717, 1.165) is 16.8 Å². The molecule has 0 aliphatic rings. The molecule has 6 nitrogen and oxygen atoms in total. The maximum Gasteiger partial charge on any atom is 0.253 e. The number of carbonyl (C=O) groups excluding carboxylic acids is 1. The number of benzene rings is 1. The Kier molecular flexibility index (Phi) is 4.98. The van der Waals surface area contributed by atoms with Crippen LogP contribution < -0.4 is 5.32 Å². The van der Waals surface area contributed by atoms with Gasteiger partial charge in [0.15, 0.2) is 0 Å². The van der Waals surface area contributed by atoms with E-state index in [1.807, 2.05) is 36.5 Å². The molecule has 2 N–H and O–H groups in total. The molecule has 122 valence electrons. The van der Waals surface area contributed by atoms with E-state index in [0.29, 0.717) is 18.7 Å². The molecule has 24 heavy (non-hydrogen) atoms. The number of rotatable bonds is 6. The maximum atomic E-state index is 12.2. The van der Waals surface area contributed by atoms with Crippen molar-refractivity contribution >= 4 is 5.91 Å². The van der Waals surface area contributed by atoms with Crippen LogP contribution in [0.5, 0.6) is 0 Å². The highest BCUT2D eigenvalue weighted by atomic mass is 16.3. The van der Waals surface area contributed by atoms with Gasteiger partial charge in [-0.3, -0.25) is 14.5 Å². The highest BCUT2D eigenvalue weighted by molar-refractivity contribution is 5.94. The number of carbonyl (C=O) groups is 1. The summed E-state index contributed by atoms with van der Waals surface area (Å²) in [6.07, 6.45) is 5.06. The Morgan fingerprint density at radius 3 is 2.67 bits per heavy atom. The van der Waals surface area contributed by atoms with Gasteiger partial charge in [-0.2, -0.15) is 5.10 Å². The first kappa shape index (κ1) is 15.9. The zero-order chi connectivity index (χ0) is 16.8. The van der Waals surface area contributed by atoms with Crippen molar-refractivity contribution < 1.29 is 9.90 Å². The van der Waals surface area contributed by atoms with Crippen molar-refractivity contribution in [3.05, 3.63) is 72.2 Å². The fourth-order valence-electron chi connectivity index (χ4n) is 2.30. The predicted octanol–water partition coefficient (Wildman–Crippen LogP) is 1.87. The fourth-order valence-corrected chi connectivity index (χ4v) is 2.30. The lowest BCUT2D eigenvalue weighted by atomic mass is 10.2. The van der Waals surface area contributed by atoms with Gasteiger partial charge in [0.2, 0.25) is 0 Å². The number of nitrogens with zero attached hydrogens (tertiary/aromatic N) is 3. The van der Waals surface area contributed by atoms with Crippen LogP contribution in [-0.4, -0.2) is 32.4 Å². The van der Waals surface area contributed by atoms with Gasteiger partial charge in [-0.05, 0) is 17.7 Å². The molecule has 2 aromatic heterocycles. The number of aliphatic hydroxyl groups is 1. The molecule has 0 fully saturated rings. The minimum absolute atomic E-state index is 0.0368. The van der Waals surface area contributed by atoms with Crippen LogP contribution in [0.2, 0.25) is 0 Å². The lowest BCUT2D eigenvalue weighted by molar-refractivity contribution is 0.0950. The molecule has 0 spiro atoms. The van der Waals surface area contributed by atoms with Crippen molar-refractivity contribution in [1.82, 2.24) is 20.1 Å². The monoisotopic (exact) mass is 322 g/mol. The third-order valence-electron chi connectivity index (χ3n) is 3.58. The highest BCUT2D eigenvalue weighted by Gasteiger charge is 2.08. The number of amides is 1. The summed E-state index contributed by atoms with van der Waals surface area (Å²) in [7, 11) is 0. The Hall–Kier alpha value is -2.99. The number of aromatic nitrogens is 3. The van der Waals surface area contributed by atoms with Gasteiger partial charge >= 0.3 is 0 Å². The summed E-state index contributed by atoms with van der Waals surface area (Å²) < 4.78 is 1.65. The minimum atomic E-state index is -0.158. The molecule has 3 rings (SSSR count). The Bertz CT molecular complexity index is 797. The highest BCUT2D eigenvalue weighted by Crippen LogP contribution is 2.16. The molecule has 0 bridgehead atoms. The molecule has 0 unspecified atom stereocenters. The van der Waals surface area contributed by atoms with Crippen LogP contribution in [-0.2, 0) is 13.1 Å². The number of aliphatic hydroxyl groups excluding tert-OH is 1. The van der Waals surface area contributed by atoms with Gasteiger partial charge in [-0.15, -0.1) is 0 Å². The third kappa shape index (κ3) is 3.85. The lowest BCUT2D eigenvalue weighted by Gasteiger charge is -2.05. The Morgan fingerprint density at radius 2 is 1.96 bits per heavy atom. The molecule has 0 aliphatic heterocycles. The van der Waals surface area contributed by atoms with Gasteiger partial charge in [-0.1, -0.05) is 30.3 Å². The van der Waals surface area contributed by atoms with E-state index < -0.39 is 0 Å². The van der Waals surface area contributed by atoms with Crippen LogP contribution in [0, 0.1) is 0 Å². The number of pyridine rings is 1. The van der Waals surface area contributed by atoms with Gasteiger partial charge in [0.1, 0.15) is 0 Å². The Labute approximate surface area is 139 Å². The first-order valence-corrected chi connectivity index (χ1v) is 7.68. The molecule has 1 aromatic carbocycles. The summed E-state index contributed by atoms with van der Waals surface area (Å²) in [5, 5.41) is 15.9. The van der Waals surface area contributed by atoms with E-state index in [2.05, 4.69) is 15.4 Å². The first-order valence-electron chi connectivity index (χ1n) is 7.68. The van der Waals surface area contributed by atoms with Crippen molar-refractivity contribution in [3.8, 4) is 11.3 Å². The predicted molar refractivity (Wildman–Crippen MR) is 90.2 cm³/mol. The fraction of sp³-hybridized carbons (Fsp3) is 0.167. The largest absolute Gasteiger partial charge is 0.394 e. The average Bonchev–Trinajstić information content (AvgIpc) is 3.10. The van der Waals surface area contributed by atoms with Gasteiger partial charge in [-0.25, -0.2) is 0 Å². The molecule has 0 aliphatic carbocycles. The minimum Gasteiger partial charge on any atom is -0.394 e. The Morgan fingerprint density at radius 1 is 1.12 bits per heavy atom. The van der Waals surface area contributed by atoms with E-state index in [9.17, 15) is 4.79 Å². The van der Waals surface area contributed by atoms with Gasteiger partial charge in [0, 0.05) is 24.5 Å². The molecular weight excluding hydrogens is 304 g/mol. The maximum absolute atomic E-state index is 12.2. The summed E-state index contributed by atoms with van der Waals surface area (Å²) in [4.78, 5) is 16.5. The Balaban J connectivity index is 1.64. The molecule has 1 amide bonds. The van der Waals surface area contributed by atoms with E-state index >= 15 is 0 Å². The van der Waals surface area contributed by atoms with Gasteiger partial charge in [0.25, 0.3) is 5.91 Å². The van der Waals surface area contributed by atoms with Crippen LogP contribution in [0.15, 0.2) is 61.1 Å². The van der Waals surface area contributed by atoms with Crippen molar-refractivity contribution in [2.45, 2.75) is 13.1 Å². The smallest absolute Gasteiger partial charge is 0.253 e. The van der Waals surface area contributed by atoms with E-state index in [4.69, 9.17) is 5.11 Å². The van der Waals surface area contributed by atoms with Crippen LogP contribution in [0.25, 0.3) is 11.3 Å². The molecule has 2 heterocycles. The second-order valence-electron chi connectivity index (χ2n) is 5.32. The van der Waals surface area contributed by atoms with E-state index in [1.165, 1.54) is 0 Å². The van der Waals surface area contributed by atoms with E-state index in [1.54, 1.807) is 29.2 Å². The van der Waals surface area contributed by atoms with Crippen LogP contribution >= 0.6 is 0 Å². The molecule has 3 aromatic rings. The third-order valence-corrected chi connectivity index (χ3v) is 3.58. The van der Waals surface area contributed by atoms with Gasteiger partial charge in [0.05, 0.1) is 30.6 Å². The summed E-state index contributed by atoms with van der Waals surface area (Å²) in [6, 6.07) is 13.3. The van der Waals surface area contributed by atoms with Crippen LogP contribution in [0.3, 0.4) is 0 Å². The first-order chi connectivity index (χ1) is 11.8. The topological polar surface area (TPSA) is 80.0 Å². The summed E-state index contributed by atoms with van der Waals surface area (Å²) >= 11 is 0. The van der Waals surface area contributed by atoms with Gasteiger partial charge < -0.3 is 10.4 Å². The summed E-state index contributed by atoms with van der Waals surface area (Å²) in [5.41, 5.74) is 3.14. The number of hydrogen-bond acceptors (Lipinski definition) is 4. The van der Waals surface area contributed by atoms with Crippen molar-refractivity contribution in [2.75, 3.05) is 6.61 Å². The molecule has 0 atom stereocenters. The van der Waals surface area contributed by atoms with Crippen molar-refractivity contribution in [2.24, 2.45) is 0 Å². The molecule has 0 saturated carbocycles. The molecular formula is C18H18N4O2. The molecule has 0 radical (unpaired) electrons. The number of nitrogens with one attached hydrogen (secondary N) is 1. The van der Waals surface area contributed by atoms with E-state index in [-0.39, 0.29) is 12.5 Å². The quantitative estimate of drug-likeness (QED) is 0.726. The second kappa shape index (κ2) is 7.52. The average molecular weight is 322 g/mol. The zero-order valence-corrected chi connectivity index (χ0v) is 13.1. The molecule has 0 saturated heterocycles. The number of hydrogen-bond donors (Lipinski definition) is 2. The lowest BCUT2D eigenvalue weighted by Crippen LogP contribution is -2.22. The van der Waals surface area contributed by atoms with Crippen LogP contribution in [0.4, 0.5) is 0 Å². The van der Waals surface area contributed by atoms with Crippen LogP contribution in [0.1, 0.15) is 15.9 Å². The second-order valence-corrected chi connectivity index (χ2v) is 5.32. The van der Waals surface area contributed by atoms with Crippen molar-refractivity contribution in [1.29, 1.82) is 0 Å². The molecule has 6 heteroatoms. The summed E-state index contributed by atoms with van der Waals surface area (Å²) in [5.74, 6) is -0.158. The zero-order valence-electron chi connectivity index (χ0n) is 13.1.